The van der Waals surface area contributed by atoms with Gasteiger partial charge in [-0.05, 0) is 20.3 Å². The van der Waals surface area contributed by atoms with E-state index in [0.29, 0.717) is 6.61 Å². The Morgan fingerprint density at radius 3 is 2.87 bits per heavy atom. The van der Waals surface area contributed by atoms with Gasteiger partial charge in [0.25, 0.3) is 0 Å². The quantitative estimate of drug-likeness (QED) is 0.668. The highest BCUT2D eigenvalue weighted by Gasteiger charge is 2.28. The van der Waals surface area contributed by atoms with E-state index in [-0.39, 0.29) is 11.7 Å². The van der Waals surface area contributed by atoms with Gasteiger partial charge in [-0.1, -0.05) is 0 Å². The van der Waals surface area contributed by atoms with Crippen molar-refractivity contribution in [2.75, 3.05) is 40.0 Å². The first kappa shape index (κ1) is 12.9. The third kappa shape index (κ3) is 5.47. The SMILES string of the molecule is COCCCOCC1CNCC(C)(C)O1. The molecule has 90 valence electrons. The Balaban J connectivity index is 2.05. The van der Waals surface area contributed by atoms with Crippen molar-refractivity contribution in [3.8, 4) is 0 Å². The maximum Gasteiger partial charge on any atom is 0.0940 e. The fourth-order valence-corrected chi connectivity index (χ4v) is 1.68. The summed E-state index contributed by atoms with van der Waals surface area (Å²) in [5.41, 5.74) is -0.0706. The van der Waals surface area contributed by atoms with E-state index >= 15 is 0 Å². The molecular weight excluding hydrogens is 194 g/mol. The van der Waals surface area contributed by atoms with Crippen LogP contribution in [-0.2, 0) is 14.2 Å². The summed E-state index contributed by atoms with van der Waals surface area (Å²) in [7, 11) is 1.71. The minimum absolute atomic E-state index is 0.0706. The fourth-order valence-electron chi connectivity index (χ4n) is 1.68. The fraction of sp³-hybridized carbons (Fsp3) is 1.00. The summed E-state index contributed by atoms with van der Waals surface area (Å²) >= 11 is 0. The summed E-state index contributed by atoms with van der Waals surface area (Å²) in [5.74, 6) is 0. The van der Waals surface area contributed by atoms with Crippen LogP contribution in [0.15, 0.2) is 0 Å². The molecule has 1 saturated heterocycles. The number of rotatable bonds is 6. The zero-order valence-corrected chi connectivity index (χ0v) is 10.0. The summed E-state index contributed by atoms with van der Waals surface area (Å²) in [6, 6.07) is 0. The standard InChI is InChI=1S/C11H23NO3/c1-11(2)9-12-7-10(15-11)8-14-6-4-5-13-3/h10,12H,4-9H2,1-3H3. The molecule has 1 heterocycles. The zero-order valence-electron chi connectivity index (χ0n) is 10.0. The highest BCUT2D eigenvalue weighted by molar-refractivity contribution is 4.81. The molecule has 4 heteroatoms. The molecule has 0 radical (unpaired) electrons. The normalized spacial score (nSPS) is 25.4. The molecule has 1 atom stereocenters. The van der Waals surface area contributed by atoms with Crippen molar-refractivity contribution in [3.63, 3.8) is 0 Å². The van der Waals surface area contributed by atoms with Crippen molar-refractivity contribution in [1.82, 2.24) is 5.32 Å². The lowest BCUT2D eigenvalue weighted by atomic mass is 10.1. The van der Waals surface area contributed by atoms with Crippen LogP contribution in [0.3, 0.4) is 0 Å². The van der Waals surface area contributed by atoms with Crippen molar-refractivity contribution in [2.45, 2.75) is 32.0 Å². The second kappa shape index (κ2) is 6.43. The molecule has 0 amide bonds. The van der Waals surface area contributed by atoms with Gasteiger partial charge in [-0.25, -0.2) is 0 Å². The van der Waals surface area contributed by atoms with Crippen molar-refractivity contribution >= 4 is 0 Å². The third-order valence-corrected chi connectivity index (χ3v) is 2.35. The van der Waals surface area contributed by atoms with Gasteiger partial charge in [0, 0.05) is 33.4 Å². The van der Waals surface area contributed by atoms with Crippen LogP contribution in [0.5, 0.6) is 0 Å². The largest absolute Gasteiger partial charge is 0.385 e. The number of morpholine rings is 1. The van der Waals surface area contributed by atoms with Gasteiger partial charge in [-0.15, -0.1) is 0 Å². The summed E-state index contributed by atoms with van der Waals surface area (Å²) < 4.78 is 16.3. The number of hydrogen-bond acceptors (Lipinski definition) is 4. The molecule has 0 bridgehead atoms. The number of nitrogens with one attached hydrogen (secondary N) is 1. The maximum atomic E-state index is 5.86. The van der Waals surface area contributed by atoms with E-state index in [2.05, 4.69) is 19.2 Å². The van der Waals surface area contributed by atoms with Gasteiger partial charge in [0.2, 0.25) is 0 Å². The summed E-state index contributed by atoms with van der Waals surface area (Å²) in [4.78, 5) is 0. The maximum absolute atomic E-state index is 5.86. The van der Waals surface area contributed by atoms with Crippen molar-refractivity contribution in [3.05, 3.63) is 0 Å². The topological polar surface area (TPSA) is 39.7 Å². The Morgan fingerprint density at radius 1 is 1.40 bits per heavy atom. The Bertz CT molecular complexity index is 173. The van der Waals surface area contributed by atoms with Crippen LogP contribution < -0.4 is 5.32 Å². The van der Waals surface area contributed by atoms with Gasteiger partial charge in [-0.3, -0.25) is 0 Å². The van der Waals surface area contributed by atoms with Gasteiger partial charge in [0.15, 0.2) is 0 Å². The average molecular weight is 217 g/mol. The van der Waals surface area contributed by atoms with Gasteiger partial charge >= 0.3 is 0 Å². The molecule has 0 saturated carbocycles. The molecule has 1 aliphatic rings. The molecule has 0 aromatic carbocycles. The zero-order chi connectivity index (χ0) is 11.1. The van der Waals surface area contributed by atoms with Crippen LogP contribution in [0.1, 0.15) is 20.3 Å². The van der Waals surface area contributed by atoms with Crippen molar-refractivity contribution in [2.24, 2.45) is 0 Å². The first-order valence-electron chi connectivity index (χ1n) is 5.59. The Hall–Kier alpha value is -0.160. The minimum Gasteiger partial charge on any atom is -0.385 e. The number of hydrogen-bond donors (Lipinski definition) is 1. The summed E-state index contributed by atoms with van der Waals surface area (Å²) in [6.45, 7) is 8.15. The monoisotopic (exact) mass is 217 g/mol. The first-order valence-corrected chi connectivity index (χ1v) is 5.59. The van der Waals surface area contributed by atoms with Crippen molar-refractivity contribution in [1.29, 1.82) is 0 Å². The molecule has 1 rings (SSSR count). The van der Waals surface area contributed by atoms with Crippen molar-refractivity contribution < 1.29 is 14.2 Å². The second-order valence-corrected chi connectivity index (χ2v) is 4.55. The van der Waals surface area contributed by atoms with Crippen LogP contribution in [0.4, 0.5) is 0 Å². The average Bonchev–Trinajstić information content (AvgIpc) is 2.16. The van der Waals surface area contributed by atoms with E-state index in [4.69, 9.17) is 14.2 Å². The third-order valence-electron chi connectivity index (χ3n) is 2.35. The lowest BCUT2D eigenvalue weighted by Gasteiger charge is -2.36. The highest BCUT2D eigenvalue weighted by Crippen LogP contribution is 2.15. The van der Waals surface area contributed by atoms with Crippen LogP contribution >= 0.6 is 0 Å². The molecule has 4 nitrogen and oxygen atoms in total. The predicted octanol–water partition coefficient (Wildman–Crippen LogP) is 0.806. The van der Waals surface area contributed by atoms with E-state index in [0.717, 1.165) is 32.7 Å². The van der Waals surface area contributed by atoms with E-state index in [1.165, 1.54) is 0 Å². The molecule has 15 heavy (non-hydrogen) atoms. The van der Waals surface area contributed by atoms with Crippen LogP contribution in [0.2, 0.25) is 0 Å². The minimum atomic E-state index is -0.0706. The number of methoxy groups -OCH3 is 1. The van der Waals surface area contributed by atoms with E-state index in [1.807, 2.05) is 0 Å². The van der Waals surface area contributed by atoms with Gasteiger partial charge < -0.3 is 19.5 Å². The van der Waals surface area contributed by atoms with Crippen LogP contribution in [-0.4, -0.2) is 51.7 Å². The Kier molecular flexibility index (Phi) is 5.53. The molecular formula is C11H23NO3. The predicted molar refractivity (Wildman–Crippen MR) is 59.1 cm³/mol. The van der Waals surface area contributed by atoms with Gasteiger partial charge in [0.1, 0.15) is 0 Å². The van der Waals surface area contributed by atoms with E-state index in [1.54, 1.807) is 7.11 Å². The molecule has 0 spiro atoms. The molecule has 1 fully saturated rings. The molecule has 1 unspecified atom stereocenters. The summed E-state index contributed by atoms with van der Waals surface area (Å²) in [5, 5.41) is 3.35. The molecule has 0 aliphatic carbocycles. The highest BCUT2D eigenvalue weighted by atomic mass is 16.5. The van der Waals surface area contributed by atoms with E-state index < -0.39 is 0 Å². The smallest absolute Gasteiger partial charge is 0.0940 e. The van der Waals surface area contributed by atoms with Gasteiger partial charge in [0.05, 0.1) is 18.3 Å². The van der Waals surface area contributed by atoms with Crippen LogP contribution in [0.25, 0.3) is 0 Å². The lowest BCUT2D eigenvalue weighted by molar-refractivity contribution is -0.120. The molecule has 1 aliphatic heterocycles. The van der Waals surface area contributed by atoms with E-state index in [9.17, 15) is 0 Å². The van der Waals surface area contributed by atoms with Crippen LogP contribution in [0, 0.1) is 0 Å². The first-order chi connectivity index (χ1) is 7.14. The molecule has 0 aromatic rings. The number of ether oxygens (including phenoxy) is 3. The molecule has 1 N–H and O–H groups in total. The Morgan fingerprint density at radius 2 is 2.20 bits per heavy atom. The second-order valence-electron chi connectivity index (χ2n) is 4.55. The molecule has 0 aromatic heterocycles. The Labute approximate surface area is 92.3 Å². The van der Waals surface area contributed by atoms with Gasteiger partial charge in [-0.2, -0.15) is 0 Å². The lowest BCUT2D eigenvalue weighted by Crippen LogP contribution is -2.51. The summed E-state index contributed by atoms with van der Waals surface area (Å²) in [6.07, 6.45) is 1.12.